The van der Waals surface area contributed by atoms with E-state index in [1.807, 2.05) is 13.8 Å². The number of hydrogen-bond donors (Lipinski definition) is 1. The van der Waals surface area contributed by atoms with E-state index in [1.54, 1.807) is 0 Å². The van der Waals surface area contributed by atoms with Gasteiger partial charge in [-0.05, 0) is 18.9 Å². The second-order valence-corrected chi connectivity index (χ2v) is 5.21. The van der Waals surface area contributed by atoms with Crippen LogP contribution in [0, 0.1) is 0 Å². The van der Waals surface area contributed by atoms with E-state index >= 15 is 0 Å². The summed E-state index contributed by atoms with van der Waals surface area (Å²) in [5.74, 6) is -0.775. The van der Waals surface area contributed by atoms with E-state index in [9.17, 15) is 4.79 Å². The highest BCUT2D eigenvalue weighted by Gasteiger charge is 2.14. The van der Waals surface area contributed by atoms with Crippen LogP contribution < -0.4 is 0 Å². The monoisotopic (exact) mass is 220 g/mol. The summed E-state index contributed by atoms with van der Waals surface area (Å²) in [6.45, 7) is 5.42. The number of rotatable bonds is 9. The van der Waals surface area contributed by atoms with Crippen molar-refractivity contribution in [2.45, 2.75) is 39.2 Å². The van der Waals surface area contributed by atoms with Gasteiger partial charge in [0.25, 0.3) is 0 Å². The van der Waals surface area contributed by atoms with Gasteiger partial charge < -0.3 is 14.0 Å². The summed E-state index contributed by atoms with van der Waals surface area (Å²) in [5, 5.41) is 8.52. The van der Waals surface area contributed by atoms with E-state index in [4.69, 9.17) is 14.0 Å². The molecule has 0 radical (unpaired) electrons. The molecule has 0 aromatic heterocycles. The number of hydrogen-bond acceptors (Lipinski definition) is 3. The molecule has 1 N–H and O–H groups in total. The van der Waals surface area contributed by atoms with E-state index in [-0.39, 0.29) is 6.42 Å². The Hall–Kier alpha value is -0.393. The van der Waals surface area contributed by atoms with Crippen molar-refractivity contribution in [2.75, 3.05) is 13.2 Å². The zero-order chi connectivity index (χ0) is 10.8. The highest BCUT2D eigenvalue weighted by atomic mass is 28.3. The average molecular weight is 220 g/mol. The van der Waals surface area contributed by atoms with Gasteiger partial charge >= 0.3 is 15.3 Å². The molecule has 0 aromatic carbocycles. The maximum atomic E-state index is 10.4. The fraction of sp³-hybridized carbons (Fsp3) is 0.889. The van der Waals surface area contributed by atoms with E-state index in [0.717, 1.165) is 12.8 Å². The third-order valence-electron chi connectivity index (χ3n) is 1.61. The largest absolute Gasteiger partial charge is 0.481 e. The highest BCUT2D eigenvalue weighted by Crippen LogP contribution is 2.03. The van der Waals surface area contributed by atoms with Gasteiger partial charge in [0, 0.05) is 19.6 Å². The summed E-state index contributed by atoms with van der Waals surface area (Å²) in [6.07, 6.45) is 2.06. The third-order valence-corrected chi connectivity index (χ3v) is 3.58. The second kappa shape index (κ2) is 9.17. The summed E-state index contributed by atoms with van der Waals surface area (Å²) in [4.78, 5) is 10.4. The van der Waals surface area contributed by atoms with Crippen LogP contribution in [0.1, 0.15) is 33.1 Å². The molecule has 5 heteroatoms. The number of aliphatic carboxylic acids is 1. The number of carbonyl (C=O) groups is 1. The average Bonchev–Trinajstić information content (AvgIpc) is 2.16. The second-order valence-electron chi connectivity index (χ2n) is 3.10. The van der Waals surface area contributed by atoms with Crippen LogP contribution >= 0.6 is 0 Å². The van der Waals surface area contributed by atoms with Crippen molar-refractivity contribution in [3.05, 3.63) is 0 Å². The van der Waals surface area contributed by atoms with E-state index in [1.165, 1.54) is 0 Å². The topological polar surface area (TPSA) is 55.8 Å². The van der Waals surface area contributed by atoms with Crippen LogP contribution in [0.25, 0.3) is 0 Å². The minimum atomic E-state index is -1.71. The van der Waals surface area contributed by atoms with Crippen molar-refractivity contribution in [1.29, 1.82) is 0 Å². The minimum Gasteiger partial charge on any atom is -0.481 e. The van der Waals surface area contributed by atoms with Crippen LogP contribution in [-0.2, 0) is 13.6 Å². The molecular weight excluding hydrogens is 200 g/mol. The third kappa shape index (κ3) is 8.22. The maximum Gasteiger partial charge on any atom is 0.321 e. The summed E-state index contributed by atoms with van der Waals surface area (Å²) < 4.78 is 11.0. The predicted octanol–water partition coefficient (Wildman–Crippen LogP) is 1.53. The fourth-order valence-electron chi connectivity index (χ4n) is 0.955. The lowest BCUT2D eigenvalue weighted by atomic mass is 10.5. The molecule has 0 saturated carbocycles. The molecule has 0 bridgehead atoms. The SMILES string of the molecule is CCCO[SiH](CCC(=O)O)OCCC. The molecule has 0 fully saturated rings. The Morgan fingerprint density at radius 1 is 1.21 bits per heavy atom. The lowest BCUT2D eigenvalue weighted by Crippen LogP contribution is -2.24. The van der Waals surface area contributed by atoms with Crippen molar-refractivity contribution >= 4 is 15.3 Å². The first-order valence-corrected chi connectivity index (χ1v) is 6.91. The van der Waals surface area contributed by atoms with Crippen molar-refractivity contribution in [3.8, 4) is 0 Å². The number of carboxylic acids is 1. The first-order valence-electron chi connectivity index (χ1n) is 5.15. The predicted molar refractivity (Wildman–Crippen MR) is 56.7 cm³/mol. The highest BCUT2D eigenvalue weighted by molar-refractivity contribution is 6.44. The first kappa shape index (κ1) is 13.6. The summed E-state index contributed by atoms with van der Waals surface area (Å²) in [5.41, 5.74) is 0. The fourth-order valence-corrected chi connectivity index (χ4v) is 2.86. The van der Waals surface area contributed by atoms with Gasteiger partial charge in [-0.15, -0.1) is 0 Å². The van der Waals surface area contributed by atoms with Crippen molar-refractivity contribution in [1.82, 2.24) is 0 Å². The molecule has 0 rings (SSSR count). The van der Waals surface area contributed by atoms with E-state index in [0.29, 0.717) is 19.3 Å². The van der Waals surface area contributed by atoms with Crippen molar-refractivity contribution < 1.29 is 18.8 Å². The molecule has 0 amide bonds. The molecule has 0 saturated heterocycles. The van der Waals surface area contributed by atoms with Crippen LogP contribution in [0.2, 0.25) is 6.04 Å². The lowest BCUT2D eigenvalue weighted by Gasteiger charge is -2.14. The summed E-state index contributed by atoms with van der Waals surface area (Å²) >= 11 is 0. The molecule has 0 aliphatic rings. The Kier molecular flexibility index (Phi) is 8.92. The van der Waals surface area contributed by atoms with Crippen LogP contribution in [0.5, 0.6) is 0 Å². The van der Waals surface area contributed by atoms with Gasteiger partial charge in [0.1, 0.15) is 0 Å². The molecule has 0 spiro atoms. The van der Waals surface area contributed by atoms with Crippen LogP contribution in [0.4, 0.5) is 0 Å². The Balaban J connectivity index is 3.65. The van der Waals surface area contributed by atoms with Crippen LogP contribution in [0.15, 0.2) is 0 Å². The first-order chi connectivity index (χ1) is 6.70. The molecular formula is C9H20O4Si. The number of carboxylic acid groups (broad SMARTS) is 1. The lowest BCUT2D eigenvalue weighted by molar-refractivity contribution is -0.136. The summed E-state index contributed by atoms with van der Waals surface area (Å²) in [7, 11) is -1.71. The van der Waals surface area contributed by atoms with E-state index in [2.05, 4.69) is 0 Å². The van der Waals surface area contributed by atoms with E-state index < -0.39 is 15.3 Å². The summed E-state index contributed by atoms with van der Waals surface area (Å²) in [6, 6.07) is 0.565. The standard InChI is InChI=1S/C9H20O4Si/c1-3-6-12-14(13-7-4-2)8-5-9(10)11/h14H,3-8H2,1-2H3,(H,10,11). The van der Waals surface area contributed by atoms with Gasteiger partial charge in [0.05, 0.1) is 0 Å². The molecule has 0 aromatic rings. The van der Waals surface area contributed by atoms with Gasteiger partial charge in [-0.1, -0.05) is 13.8 Å². The maximum absolute atomic E-state index is 10.4. The van der Waals surface area contributed by atoms with Gasteiger partial charge in [-0.2, -0.15) is 0 Å². The minimum absolute atomic E-state index is 0.157. The molecule has 0 aliphatic heterocycles. The molecule has 0 unspecified atom stereocenters. The van der Waals surface area contributed by atoms with Gasteiger partial charge in [-0.25, -0.2) is 0 Å². The van der Waals surface area contributed by atoms with Crippen molar-refractivity contribution in [2.24, 2.45) is 0 Å². The van der Waals surface area contributed by atoms with Gasteiger partial charge in [-0.3, -0.25) is 4.79 Å². The Morgan fingerprint density at radius 2 is 1.71 bits per heavy atom. The molecule has 84 valence electrons. The Bertz CT molecular complexity index is 144. The van der Waals surface area contributed by atoms with Crippen LogP contribution in [0.3, 0.4) is 0 Å². The van der Waals surface area contributed by atoms with Crippen molar-refractivity contribution in [3.63, 3.8) is 0 Å². The smallest absolute Gasteiger partial charge is 0.321 e. The quantitative estimate of drug-likeness (QED) is 0.599. The van der Waals surface area contributed by atoms with Gasteiger partial charge in [0.2, 0.25) is 0 Å². The Morgan fingerprint density at radius 3 is 2.07 bits per heavy atom. The normalized spacial score (nSPS) is 10.8. The van der Waals surface area contributed by atoms with Crippen LogP contribution in [-0.4, -0.2) is 33.6 Å². The van der Waals surface area contributed by atoms with Gasteiger partial charge in [0.15, 0.2) is 0 Å². The zero-order valence-electron chi connectivity index (χ0n) is 8.99. The molecule has 0 atom stereocenters. The molecule has 0 aliphatic carbocycles. The Labute approximate surface area is 87.1 Å². The molecule has 0 heterocycles. The zero-order valence-corrected chi connectivity index (χ0v) is 10.1. The molecule has 4 nitrogen and oxygen atoms in total. The molecule has 14 heavy (non-hydrogen) atoms.